The van der Waals surface area contributed by atoms with Gasteiger partial charge in [0.15, 0.2) is 0 Å². The lowest BCUT2D eigenvalue weighted by atomic mass is 10.1. The molecule has 0 aliphatic carbocycles. The number of carbonyl (C=O) groups excluding carboxylic acids is 1. The predicted octanol–water partition coefficient (Wildman–Crippen LogP) is 0.751. The van der Waals surface area contributed by atoms with Crippen molar-refractivity contribution in [3.05, 3.63) is 35.9 Å². The molecule has 2 rings (SSSR count). The van der Waals surface area contributed by atoms with Gasteiger partial charge >= 0.3 is 6.09 Å². The van der Waals surface area contributed by atoms with Gasteiger partial charge in [-0.2, -0.15) is 0 Å². The molecular weight excluding hydrogens is 234 g/mol. The number of aliphatic hydroxyl groups excluding tert-OH is 2. The normalized spacial score (nSPS) is 23.8. The van der Waals surface area contributed by atoms with E-state index in [4.69, 9.17) is 4.74 Å². The molecule has 0 radical (unpaired) electrons. The largest absolute Gasteiger partial charge is 0.445 e. The SMILES string of the molecule is O=C(OCc1ccccc1)N1CC[C@H](O)[C@@H](O)C1. The lowest BCUT2D eigenvalue weighted by molar-refractivity contribution is -0.0371. The highest BCUT2D eigenvalue weighted by Crippen LogP contribution is 2.12. The van der Waals surface area contributed by atoms with Gasteiger partial charge in [-0.1, -0.05) is 30.3 Å². The van der Waals surface area contributed by atoms with Gasteiger partial charge in [-0.15, -0.1) is 0 Å². The van der Waals surface area contributed by atoms with Crippen LogP contribution in [0.2, 0.25) is 0 Å². The Balaban J connectivity index is 1.82. The van der Waals surface area contributed by atoms with Gasteiger partial charge < -0.3 is 19.8 Å². The molecule has 5 nitrogen and oxygen atoms in total. The van der Waals surface area contributed by atoms with Crippen LogP contribution in [0.3, 0.4) is 0 Å². The first-order valence-corrected chi connectivity index (χ1v) is 5.98. The maximum atomic E-state index is 11.7. The number of aliphatic hydroxyl groups is 2. The molecule has 1 aromatic carbocycles. The Hall–Kier alpha value is -1.59. The molecule has 18 heavy (non-hydrogen) atoms. The van der Waals surface area contributed by atoms with E-state index in [1.165, 1.54) is 4.90 Å². The van der Waals surface area contributed by atoms with Crippen LogP contribution < -0.4 is 0 Å². The van der Waals surface area contributed by atoms with Gasteiger partial charge in [-0.3, -0.25) is 0 Å². The summed E-state index contributed by atoms with van der Waals surface area (Å²) >= 11 is 0. The molecule has 0 aromatic heterocycles. The van der Waals surface area contributed by atoms with Crippen LogP contribution >= 0.6 is 0 Å². The van der Waals surface area contributed by atoms with E-state index in [1.54, 1.807) is 0 Å². The molecule has 1 fully saturated rings. The number of likely N-dealkylation sites (tertiary alicyclic amines) is 1. The standard InChI is InChI=1S/C13H17NO4/c15-11-6-7-14(8-12(11)16)13(17)18-9-10-4-2-1-3-5-10/h1-5,11-12,15-16H,6-9H2/t11-,12-/m0/s1. The van der Waals surface area contributed by atoms with E-state index in [0.29, 0.717) is 13.0 Å². The van der Waals surface area contributed by atoms with Crippen molar-refractivity contribution in [2.75, 3.05) is 13.1 Å². The minimum Gasteiger partial charge on any atom is -0.445 e. The molecule has 98 valence electrons. The number of ether oxygens (including phenoxy) is 1. The summed E-state index contributed by atoms with van der Waals surface area (Å²) in [5, 5.41) is 18.8. The van der Waals surface area contributed by atoms with Crippen LogP contribution in [0.4, 0.5) is 4.79 Å². The van der Waals surface area contributed by atoms with E-state index in [9.17, 15) is 15.0 Å². The van der Waals surface area contributed by atoms with E-state index >= 15 is 0 Å². The summed E-state index contributed by atoms with van der Waals surface area (Å²) in [5.41, 5.74) is 0.920. The van der Waals surface area contributed by atoms with Gasteiger partial charge in [0, 0.05) is 6.54 Å². The maximum absolute atomic E-state index is 11.7. The molecule has 1 aromatic rings. The number of piperidine rings is 1. The molecule has 0 saturated carbocycles. The van der Waals surface area contributed by atoms with Gasteiger partial charge in [-0.05, 0) is 12.0 Å². The summed E-state index contributed by atoms with van der Waals surface area (Å²) in [6.07, 6.45) is -1.71. The molecule has 5 heteroatoms. The first-order valence-electron chi connectivity index (χ1n) is 5.98. The van der Waals surface area contributed by atoms with Crippen molar-refractivity contribution in [2.24, 2.45) is 0 Å². The van der Waals surface area contributed by atoms with E-state index in [0.717, 1.165) is 5.56 Å². The molecule has 0 spiro atoms. The van der Waals surface area contributed by atoms with Gasteiger partial charge in [0.1, 0.15) is 6.61 Å². The van der Waals surface area contributed by atoms with Crippen molar-refractivity contribution >= 4 is 6.09 Å². The predicted molar refractivity (Wildman–Crippen MR) is 64.8 cm³/mol. The smallest absolute Gasteiger partial charge is 0.410 e. The van der Waals surface area contributed by atoms with Crippen molar-refractivity contribution in [1.29, 1.82) is 0 Å². The quantitative estimate of drug-likeness (QED) is 0.813. The third kappa shape index (κ3) is 3.21. The lowest BCUT2D eigenvalue weighted by Gasteiger charge is -2.32. The number of β-amino-alcohol motifs (C(OH)–C–C–N with tert-alkyl or cyclic N) is 1. The maximum Gasteiger partial charge on any atom is 0.410 e. The van der Waals surface area contributed by atoms with Crippen molar-refractivity contribution in [3.63, 3.8) is 0 Å². The first kappa shape index (κ1) is 12.9. The van der Waals surface area contributed by atoms with Gasteiger partial charge in [0.2, 0.25) is 0 Å². The second kappa shape index (κ2) is 5.84. The van der Waals surface area contributed by atoms with Crippen LogP contribution in [-0.4, -0.2) is 46.5 Å². The fraction of sp³-hybridized carbons (Fsp3) is 0.462. The lowest BCUT2D eigenvalue weighted by Crippen LogP contribution is -2.49. The number of hydrogen-bond acceptors (Lipinski definition) is 4. The van der Waals surface area contributed by atoms with Crippen molar-refractivity contribution < 1.29 is 19.7 Å². The Morgan fingerprint density at radius 2 is 2.00 bits per heavy atom. The second-order valence-corrected chi connectivity index (χ2v) is 4.41. The van der Waals surface area contributed by atoms with Crippen molar-refractivity contribution in [1.82, 2.24) is 4.90 Å². The molecular formula is C13H17NO4. The van der Waals surface area contributed by atoms with Crippen LogP contribution in [0, 0.1) is 0 Å². The summed E-state index contributed by atoms with van der Waals surface area (Å²) in [4.78, 5) is 13.2. The molecule has 1 heterocycles. The topological polar surface area (TPSA) is 70.0 Å². The molecule has 1 aliphatic heterocycles. The van der Waals surface area contributed by atoms with Gasteiger partial charge in [0.05, 0.1) is 18.8 Å². The summed E-state index contributed by atoms with van der Waals surface area (Å²) < 4.78 is 5.15. The highest BCUT2D eigenvalue weighted by atomic mass is 16.6. The summed E-state index contributed by atoms with van der Waals surface area (Å²) in [6, 6.07) is 9.41. The molecule has 1 amide bonds. The monoisotopic (exact) mass is 251 g/mol. The summed E-state index contributed by atoms with van der Waals surface area (Å²) in [7, 11) is 0. The molecule has 0 unspecified atom stereocenters. The van der Waals surface area contributed by atoms with Crippen LogP contribution in [0.1, 0.15) is 12.0 Å². The summed E-state index contributed by atoms with van der Waals surface area (Å²) in [5.74, 6) is 0. The molecule has 1 aliphatic rings. The summed E-state index contributed by atoms with van der Waals surface area (Å²) in [6.45, 7) is 0.745. The average molecular weight is 251 g/mol. The molecule has 2 N–H and O–H groups in total. The second-order valence-electron chi connectivity index (χ2n) is 4.41. The number of nitrogens with zero attached hydrogens (tertiary/aromatic N) is 1. The van der Waals surface area contributed by atoms with Crippen LogP contribution in [0.5, 0.6) is 0 Å². The first-order chi connectivity index (χ1) is 8.66. The van der Waals surface area contributed by atoms with E-state index in [-0.39, 0.29) is 13.2 Å². The number of hydrogen-bond donors (Lipinski definition) is 2. The number of rotatable bonds is 2. The van der Waals surface area contributed by atoms with E-state index < -0.39 is 18.3 Å². The van der Waals surface area contributed by atoms with Crippen LogP contribution in [0.15, 0.2) is 30.3 Å². The number of amides is 1. The van der Waals surface area contributed by atoms with Gasteiger partial charge in [0.25, 0.3) is 0 Å². The molecule has 0 bridgehead atoms. The van der Waals surface area contributed by atoms with E-state index in [2.05, 4.69) is 0 Å². The Kier molecular flexibility index (Phi) is 4.17. The zero-order valence-corrected chi connectivity index (χ0v) is 10.0. The highest BCUT2D eigenvalue weighted by Gasteiger charge is 2.29. The Bertz CT molecular complexity index is 395. The van der Waals surface area contributed by atoms with Crippen molar-refractivity contribution in [3.8, 4) is 0 Å². The Morgan fingerprint density at radius 3 is 2.67 bits per heavy atom. The van der Waals surface area contributed by atoms with Gasteiger partial charge in [-0.25, -0.2) is 4.79 Å². The minimum absolute atomic E-state index is 0.120. The Labute approximate surface area is 106 Å². The fourth-order valence-electron chi connectivity index (χ4n) is 1.90. The van der Waals surface area contributed by atoms with E-state index in [1.807, 2.05) is 30.3 Å². The fourth-order valence-corrected chi connectivity index (χ4v) is 1.90. The highest BCUT2D eigenvalue weighted by molar-refractivity contribution is 5.67. The van der Waals surface area contributed by atoms with Crippen LogP contribution in [0.25, 0.3) is 0 Å². The third-order valence-corrected chi connectivity index (χ3v) is 3.01. The number of carbonyl (C=O) groups is 1. The molecule has 2 atom stereocenters. The number of benzene rings is 1. The zero-order valence-electron chi connectivity index (χ0n) is 10.0. The van der Waals surface area contributed by atoms with Crippen LogP contribution in [-0.2, 0) is 11.3 Å². The zero-order chi connectivity index (χ0) is 13.0. The minimum atomic E-state index is -0.886. The average Bonchev–Trinajstić information content (AvgIpc) is 2.40. The van der Waals surface area contributed by atoms with Crippen molar-refractivity contribution in [2.45, 2.75) is 25.2 Å². The molecule has 1 saturated heterocycles. The Morgan fingerprint density at radius 1 is 1.28 bits per heavy atom. The third-order valence-electron chi connectivity index (χ3n) is 3.01.